The van der Waals surface area contributed by atoms with E-state index >= 15 is 0 Å². The number of alkyl halides is 1. The zero-order valence-corrected chi connectivity index (χ0v) is 11.1. The average molecular weight is 259 g/mol. The Hall–Kier alpha value is -0.470. The molecule has 0 spiro atoms. The van der Waals surface area contributed by atoms with E-state index in [-0.39, 0.29) is 0 Å². The number of anilines is 1. The molecule has 88 valence electrons. The molecule has 1 fully saturated rings. The van der Waals surface area contributed by atoms with Gasteiger partial charge >= 0.3 is 0 Å². The minimum Gasteiger partial charge on any atom is -0.352 e. The molecule has 1 aliphatic rings. The van der Waals surface area contributed by atoms with E-state index in [1.54, 1.807) is 0 Å². The van der Waals surface area contributed by atoms with Crippen molar-refractivity contribution in [2.45, 2.75) is 32.2 Å². The summed E-state index contributed by atoms with van der Waals surface area (Å²) >= 11 is 12.0. The van der Waals surface area contributed by atoms with Crippen LogP contribution in [0.1, 0.15) is 25.8 Å². The Bertz CT molecular complexity index is 381. The standard InChI is InChI=1S/C12H16Cl2N2/c1-8-3-9(2)16(7-8)12-11(14)4-10(5-13)6-15-12/h4,6,8-9H,3,5,7H2,1-2H3. The summed E-state index contributed by atoms with van der Waals surface area (Å²) in [6, 6.07) is 2.42. The highest BCUT2D eigenvalue weighted by molar-refractivity contribution is 6.33. The van der Waals surface area contributed by atoms with Gasteiger partial charge in [-0.15, -0.1) is 11.6 Å². The van der Waals surface area contributed by atoms with Crippen LogP contribution < -0.4 is 4.90 Å². The van der Waals surface area contributed by atoms with Gasteiger partial charge in [0.05, 0.1) is 5.02 Å². The smallest absolute Gasteiger partial charge is 0.147 e. The van der Waals surface area contributed by atoms with E-state index < -0.39 is 0 Å². The first-order valence-electron chi connectivity index (χ1n) is 5.59. The number of hydrogen-bond donors (Lipinski definition) is 0. The molecule has 1 aliphatic heterocycles. The highest BCUT2D eigenvalue weighted by atomic mass is 35.5. The van der Waals surface area contributed by atoms with Crippen LogP contribution in [0.25, 0.3) is 0 Å². The van der Waals surface area contributed by atoms with Crippen molar-refractivity contribution in [1.82, 2.24) is 4.98 Å². The van der Waals surface area contributed by atoms with Crippen molar-refractivity contribution in [1.29, 1.82) is 0 Å². The van der Waals surface area contributed by atoms with Crippen LogP contribution in [0.4, 0.5) is 5.82 Å². The molecule has 1 aromatic rings. The molecule has 0 saturated carbocycles. The highest BCUT2D eigenvalue weighted by Gasteiger charge is 2.28. The summed E-state index contributed by atoms with van der Waals surface area (Å²) < 4.78 is 0. The number of rotatable bonds is 2. The van der Waals surface area contributed by atoms with Crippen LogP contribution >= 0.6 is 23.2 Å². The minimum atomic E-state index is 0.457. The molecule has 2 atom stereocenters. The van der Waals surface area contributed by atoms with Crippen molar-refractivity contribution < 1.29 is 0 Å². The fourth-order valence-corrected chi connectivity index (χ4v) is 2.79. The number of aromatic nitrogens is 1. The topological polar surface area (TPSA) is 16.1 Å². The zero-order valence-electron chi connectivity index (χ0n) is 9.58. The molecule has 0 aromatic carbocycles. The van der Waals surface area contributed by atoms with Crippen LogP contribution in [0.5, 0.6) is 0 Å². The van der Waals surface area contributed by atoms with Crippen LogP contribution in [-0.4, -0.2) is 17.6 Å². The molecule has 2 rings (SSSR count). The van der Waals surface area contributed by atoms with Gasteiger partial charge in [-0.25, -0.2) is 4.98 Å². The summed E-state index contributed by atoms with van der Waals surface area (Å²) in [5.74, 6) is 2.06. The summed E-state index contributed by atoms with van der Waals surface area (Å²) in [6.45, 7) is 5.52. The maximum atomic E-state index is 6.24. The Labute approximate surface area is 107 Å². The molecule has 0 radical (unpaired) electrons. The molecular formula is C12H16Cl2N2. The summed E-state index contributed by atoms with van der Waals surface area (Å²) in [7, 11) is 0. The Morgan fingerprint density at radius 2 is 2.25 bits per heavy atom. The molecule has 1 saturated heterocycles. The third kappa shape index (κ3) is 2.28. The minimum absolute atomic E-state index is 0.457. The van der Waals surface area contributed by atoms with Gasteiger partial charge in [0.2, 0.25) is 0 Å². The zero-order chi connectivity index (χ0) is 11.7. The predicted octanol–water partition coefficient (Wildman–Crippen LogP) is 3.71. The van der Waals surface area contributed by atoms with Gasteiger partial charge in [0.1, 0.15) is 5.82 Å². The van der Waals surface area contributed by atoms with E-state index in [0.29, 0.717) is 22.9 Å². The summed E-state index contributed by atoms with van der Waals surface area (Å²) in [6.07, 6.45) is 3.01. The van der Waals surface area contributed by atoms with Crippen molar-refractivity contribution in [3.05, 3.63) is 22.8 Å². The fourth-order valence-electron chi connectivity index (χ4n) is 2.35. The SMILES string of the molecule is CC1CC(C)N(c2ncc(CCl)cc2Cl)C1. The van der Waals surface area contributed by atoms with Crippen LogP contribution in [0, 0.1) is 5.92 Å². The maximum Gasteiger partial charge on any atom is 0.147 e. The van der Waals surface area contributed by atoms with Gasteiger partial charge in [0, 0.05) is 24.7 Å². The molecule has 2 heterocycles. The lowest BCUT2D eigenvalue weighted by Crippen LogP contribution is -2.27. The van der Waals surface area contributed by atoms with Gasteiger partial charge in [0.15, 0.2) is 0 Å². The Morgan fingerprint density at radius 1 is 1.50 bits per heavy atom. The van der Waals surface area contributed by atoms with Crippen LogP contribution in [0.2, 0.25) is 5.02 Å². The second-order valence-corrected chi connectivity index (χ2v) is 5.30. The Morgan fingerprint density at radius 3 is 2.75 bits per heavy atom. The van der Waals surface area contributed by atoms with Crippen LogP contribution in [0.15, 0.2) is 12.3 Å². The van der Waals surface area contributed by atoms with Gasteiger partial charge in [-0.2, -0.15) is 0 Å². The lowest BCUT2D eigenvalue weighted by molar-refractivity contribution is 0.625. The Kier molecular flexibility index (Phi) is 3.60. The second-order valence-electron chi connectivity index (χ2n) is 4.62. The lowest BCUT2D eigenvalue weighted by atomic mass is 10.1. The molecule has 0 bridgehead atoms. The first-order chi connectivity index (χ1) is 7.61. The molecule has 2 unspecified atom stereocenters. The number of nitrogens with zero attached hydrogens (tertiary/aromatic N) is 2. The normalized spacial score (nSPS) is 25.1. The predicted molar refractivity (Wildman–Crippen MR) is 69.4 cm³/mol. The monoisotopic (exact) mass is 258 g/mol. The molecule has 0 aliphatic carbocycles. The van der Waals surface area contributed by atoms with Gasteiger partial charge < -0.3 is 4.90 Å². The largest absolute Gasteiger partial charge is 0.352 e. The number of pyridine rings is 1. The quantitative estimate of drug-likeness (QED) is 0.753. The van der Waals surface area contributed by atoms with Gasteiger partial charge in [-0.05, 0) is 30.9 Å². The Balaban J connectivity index is 2.27. The number of halogens is 2. The van der Waals surface area contributed by atoms with Crippen molar-refractivity contribution in [3.8, 4) is 0 Å². The second kappa shape index (κ2) is 4.80. The van der Waals surface area contributed by atoms with E-state index in [9.17, 15) is 0 Å². The van der Waals surface area contributed by atoms with Gasteiger partial charge in [0.25, 0.3) is 0 Å². The van der Waals surface area contributed by atoms with Crippen molar-refractivity contribution in [2.24, 2.45) is 5.92 Å². The molecule has 1 aromatic heterocycles. The third-order valence-electron chi connectivity index (χ3n) is 3.09. The van der Waals surface area contributed by atoms with Crippen molar-refractivity contribution in [2.75, 3.05) is 11.4 Å². The van der Waals surface area contributed by atoms with E-state index in [2.05, 4.69) is 23.7 Å². The van der Waals surface area contributed by atoms with E-state index in [4.69, 9.17) is 23.2 Å². The summed E-state index contributed by atoms with van der Waals surface area (Å²) in [5.41, 5.74) is 0.968. The van der Waals surface area contributed by atoms with Crippen molar-refractivity contribution >= 4 is 29.0 Å². The van der Waals surface area contributed by atoms with Crippen LogP contribution in [-0.2, 0) is 5.88 Å². The third-order valence-corrected chi connectivity index (χ3v) is 3.68. The van der Waals surface area contributed by atoms with Crippen LogP contribution in [0.3, 0.4) is 0 Å². The fraction of sp³-hybridized carbons (Fsp3) is 0.583. The molecule has 0 N–H and O–H groups in total. The number of hydrogen-bond acceptors (Lipinski definition) is 2. The van der Waals surface area contributed by atoms with E-state index in [1.165, 1.54) is 6.42 Å². The lowest BCUT2D eigenvalue weighted by Gasteiger charge is -2.23. The average Bonchev–Trinajstić information content (AvgIpc) is 2.57. The first kappa shape index (κ1) is 12.0. The molecule has 2 nitrogen and oxygen atoms in total. The van der Waals surface area contributed by atoms with E-state index in [0.717, 1.165) is 17.9 Å². The molecule has 4 heteroatoms. The molecule has 0 amide bonds. The first-order valence-corrected chi connectivity index (χ1v) is 6.50. The molecule has 16 heavy (non-hydrogen) atoms. The van der Waals surface area contributed by atoms with E-state index in [1.807, 2.05) is 12.3 Å². The maximum absolute atomic E-state index is 6.24. The highest BCUT2D eigenvalue weighted by Crippen LogP contribution is 2.32. The summed E-state index contributed by atoms with van der Waals surface area (Å²) in [4.78, 5) is 6.71. The molecular weight excluding hydrogens is 243 g/mol. The van der Waals surface area contributed by atoms with Gasteiger partial charge in [-0.1, -0.05) is 18.5 Å². The summed E-state index contributed by atoms with van der Waals surface area (Å²) in [5, 5.41) is 0.708. The van der Waals surface area contributed by atoms with Crippen molar-refractivity contribution in [3.63, 3.8) is 0 Å². The van der Waals surface area contributed by atoms with Gasteiger partial charge in [-0.3, -0.25) is 0 Å².